The number of hydrogen-bond acceptors (Lipinski definition) is 7. The van der Waals surface area contributed by atoms with Gasteiger partial charge < -0.3 is 4.90 Å². The molecule has 0 bridgehead atoms. The zero-order valence-corrected chi connectivity index (χ0v) is 15.0. The highest BCUT2D eigenvalue weighted by Crippen LogP contribution is 2.37. The molecule has 0 radical (unpaired) electrons. The minimum Gasteiger partial charge on any atom is -0.350 e. The highest BCUT2D eigenvalue weighted by Gasteiger charge is 2.39. The highest BCUT2D eigenvalue weighted by molar-refractivity contribution is 5.44. The Kier molecular flexibility index (Phi) is 4.75. The van der Waals surface area contributed by atoms with Gasteiger partial charge in [0, 0.05) is 37.8 Å². The van der Waals surface area contributed by atoms with Gasteiger partial charge >= 0.3 is 6.18 Å². The van der Waals surface area contributed by atoms with Gasteiger partial charge in [0.25, 0.3) is 0 Å². The van der Waals surface area contributed by atoms with E-state index in [0.29, 0.717) is 12.4 Å². The predicted molar refractivity (Wildman–Crippen MR) is 89.9 cm³/mol. The fourth-order valence-corrected chi connectivity index (χ4v) is 3.63. The molecule has 146 valence electrons. The van der Waals surface area contributed by atoms with Crippen LogP contribution in [0.25, 0.3) is 0 Å². The lowest BCUT2D eigenvalue weighted by molar-refractivity contribution is -0.141. The molecule has 2 aliphatic rings. The van der Waals surface area contributed by atoms with Crippen LogP contribution in [0.4, 0.5) is 19.0 Å². The molecular formula is C17H21F3N6O. The molecule has 2 aromatic rings. The minimum atomic E-state index is -4.46. The van der Waals surface area contributed by atoms with E-state index in [9.17, 15) is 13.2 Å². The summed E-state index contributed by atoms with van der Waals surface area (Å²) in [6, 6.07) is 1.54. The minimum absolute atomic E-state index is 0.182. The van der Waals surface area contributed by atoms with Crippen molar-refractivity contribution in [3.63, 3.8) is 0 Å². The predicted octanol–water partition coefficient (Wildman–Crippen LogP) is 2.82. The Bertz CT molecular complexity index is 783. The van der Waals surface area contributed by atoms with Crippen LogP contribution in [0.3, 0.4) is 0 Å². The standard InChI is InChI=1S/C17H21F3N6O/c1-11-14(24-27-23-11)9-25-6-4-13(5-7-25)26(12-2-3-12)16-8-15(17(18,19)20)21-10-22-16/h8,10,12-13H,2-7,9H2,1H3. The second kappa shape index (κ2) is 7.06. The molecule has 7 nitrogen and oxygen atoms in total. The summed E-state index contributed by atoms with van der Waals surface area (Å²) in [7, 11) is 0. The fourth-order valence-electron chi connectivity index (χ4n) is 3.63. The first kappa shape index (κ1) is 18.1. The number of aromatic nitrogens is 4. The molecule has 0 N–H and O–H groups in total. The summed E-state index contributed by atoms with van der Waals surface area (Å²) in [6.07, 6.45) is 0.284. The molecule has 0 amide bonds. The summed E-state index contributed by atoms with van der Waals surface area (Å²) in [5.74, 6) is 0.384. The molecule has 1 saturated carbocycles. The van der Waals surface area contributed by atoms with Gasteiger partial charge in [-0.25, -0.2) is 14.6 Å². The van der Waals surface area contributed by atoms with E-state index in [0.717, 1.165) is 62.6 Å². The van der Waals surface area contributed by atoms with Crippen molar-refractivity contribution in [2.75, 3.05) is 18.0 Å². The average Bonchev–Trinajstić information content (AvgIpc) is 3.39. The van der Waals surface area contributed by atoms with Crippen LogP contribution in [-0.4, -0.2) is 50.4 Å². The first-order valence-electron chi connectivity index (χ1n) is 9.10. The fraction of sp³-hybridized carbons (Fsp3) is 0.647. The van der Waals surface area contributed by atoms with Gasteiger partial charge in [0.1, 0.15) is 29.2 Å². The van der Waals surface area contributed by atoms with E-state index in [4.69, 9.17) is 4.63 Å². The van der Waals surface area contributed by atoms with Crippen LogP contribution in [0.1, 0.15) is 42.8 Å². The summed E-state index contributed by atoms with van der Waals surface area (Å²) in [4.78, 5) is 11.9. The van der Waals surface area contributed by atoms with Crippen molar-refractivity contribution >= 4 is 5.82 Å². The topological polar surface area (TPSA) is 71.2 Å². The molecule has 0 aromatic carbocycles. The zero-order valence-electron chi connectivity index (χ0n) is 15.0. The summed E-state index contributed by atoms with van der Waals surface area (Å²) in [6.45, 7) is 4.23. The molecule has 1 saturated heterocycles. The largest absolute Gasteiger partial charge is 0.433 e. The third-order valence-corrected chi connectivity index (χ3v) is 5.22. The van der Waals surface area contributed by atoms with Gasteiger partial charge in [-0.15, -0.1) is 0 Å². The van der Waals surface area contributed by atoms with E-state index < -0.39 is 11.9 Å². The maximum Gasteiger partial charge on any atom is 0.433 e. The van der Waals surface area contributed by atoms with E-state index in [-0.39, 0.29) is 12.1 Å². The van der Waals surface area contributed by atoms with Crippen molar-refractivity contribution in [2.45, 2.75) is 57.4 Å². The molecule has 0 unspecified atom stereocenters. The molecule has 3 heterocycles. The first-order chi connectivity index (χ1) is 12.9. The van der Waals surface area contributed by atoms with Crippen LogP contribution in [0.2, 0.25) is 0 Å². The summed E-state index contributed by atoms with van der Waals surface area (Å²) < 4.78 is 43.8. The Balaban J connectivity index is 1.44. The number of anilines is 1. The van der Waals surface area contributed by atoms with E-state index in [2.05, 4.69) is 30.1 Å². The molecule has 0 spiro atoms. The second-order valence-corrected chi connectivity index (χ2v) is 7.20. The normalized spacial score (nSPS) is 19.4. The van der Waals surface area contributed by atoms with Gasteiger partial charge in [0.15, 0.2) is 0 Å². The molecule has 27 heavy (non-hydrogen) atoms. The highest BCUT2D eigenvalue weighted by atomic mass is 19.4. The van der Waals surface area contributed by atoms with Crippen LogP contribution in [-0.2, 0) is 12.7 Å². The molecule has 2 aromatic heterocycles. The Morgan fingerprint density at radius 1 is 1.11 bits per heavy atom. The second-order valence-electron chi connectivity index (χ2n) is 7.20. The maximum atomic E-state index is 13.0. The van der Waals surface area contributed by atoms with Crippen molar-refractivity contribution in [1.29, 1.82) is 0 Å². The van der Waals surface area contributed by atoms with Crippen LogP contribution < -0.4 is 4.90 Å². The smallest absolute Gasteiger partial charge is 0.350 e. The number of halogens is 3. The molecule has 10 heteroatoms. The van der Waals surface area contributed by atoms with E-state index >= 15 is 0 Å². The van der Waals surface area contributed by atoms with E-state index in [1.807, 2.05) is 6.92 Å². The van der Waals surface area contributed by atoms with Gasteiger partial charge in [-0.2, -0.15) is 13.2 Å². The summed E-state index contributed by atoms with van der Waals surface area (Å²) in [5, 5.41) is 7.72. The lowest BCUT2D eigenvalue weighted by Crippen LogP contribution is -2.46. The molecule has 1 aliphatic heterocycles. The van der Waals surface area contributed by atoms with Crippen LogP contribution in [0, 0.1) is 6.92 Å². The van der Waals surface area contributed by atoms with Crippen LogP contribution in [0.15, 0.2) is 17.0 Å². The van der Waals surface area contributed by atoms with Gasteiger partial charge in [-0.05, 0) is 32.6 Å². The van der Waals surface area contributed by atoms with E-state index in [1.54, 1.807) is 0 Å². The quantitative estimate of drug-likeness (QED) is 0.787. The number of alkyl halides is 3. The SMILES string of the molecule is Cc1nonc1CN1CCC(N(c2cc(C(F)(F)F)ncn2)C2CC2)CC1. The van der Waals surface area contributed by atoms with Gasteiger partial charge in [-0.1, -0.05) is 10.3 Å². The molecule has 4 rings (SSSR count). The summed E-state index contributed by atoms with van der Waals surface area (Å²) >= 11 is 0. The summed E-state index contributed by atoms with van der Waals surface area (Å²) in [5.41, 5.74) is 0.736. The van der Waals surface area contributed by atoms with Crippen molar-refractivity contribution in [2.24, 2.45) is 0 Å². The third kappa shape index (κ3) is 4.05. The number of aryl methyl sites for hydroxylation is 1. The Morgan fingerprint density at radius 3 is 2.41 bits per heavy atom. The van der Waals surface area contributed by atoms with Crippen LogP contribution in [0.5, 0.6) is 0 Å². The number of piperidine rings is 1. The van der Waals surface area contributed by atoms with Crippen LogP contribution >= 0.6 is 0 Å². The number of likely N-dealkylation sites (tertiary alicyclic amines) is 1. The molecular weight excluding hydrogens is 361 g/mol. The van der Waals surface area contributed by atoms with Crippen molar-refractivity contribution in [3.8, 4) is 0 Å². The lowest BCUT2D eigenvalue weighted by atomic mass is 10.0. The number of nitrogens with zero attached hydrogens (tertiary/aromatic N) is 6. The third-order valence-electron chi connectivity index (χ3n) is 5.22. The van der Waals surface area contributed by atoms with Gasteiger partial charge in [0.05, 0.1) is 0 Å². The lowest BCUT2D eigenvalue weighted by Gasteiger charge is -2.39. The maximum absolute atomic E-state index is 13.0. The molecule has 2 fully saturated rings. The Morgan fingerprint density at radius 2 is 1.81 bits per heavy atom. The van der Waals surface area contributed by atoms with Crippen molar-refractivity contribution < 1.29 is 17.8 Å². The molecule has 1 aliphatic carbocycles. The number of hydrogen-bond donors (Lipinski definition) is 0. The number of rotatable bonds is 5. The van der Waals surface area contributed by atoms with Crippen molar-refractivity contribution in [3.05, 3.63) is 29.5 Å². The van der Waals surface area contributed by atoms with Gasteiger partial charge in [-0.3, -0.25) is 4.90 Å². The zero-order chi connectivity index (χ0) is 19.0. The Hall–Kier alpha value is -2.23. The first-order valence-corrected chi connectivity index (χ1v) is 9.10. The Labute approximate surface area is 154 Å². The average molecular weight is 382 g/mol. The monoisotopic (exact) mass is 382 g/mol. The van der Waals surface area contributed by atoms with E-state index in [1.165, 1.54) is 0 Å². The van der Waals surface area contributed by atoms with Gasteiger partial charge in [0.2, 0.25) is 0 Å². The van der Waals surface area contributed by atoms with Crippen molar-refractivity contribution in [1.82, 2.24) is 25.2 Å². The molecule has 0 atom stereocenters.